The number of hydrogen-bond acceptors (Lipinski definition) is 3. The second kappa shape index (κ2) is 7.75. The Morgan fingerprint density at radius 1 is 1.27 bits per heavy atom. The van der Waals surface area contributed by atoms with Crippen molar-refractivity contribution in [2.45, 2.75) is 26.8 Å². The van der Waals surface area contributed by atoms with E-state index < -0.39 is 0 Å². The van der Waals surface area contributed by atoms with Crippen molar-refractivity contribution in [3.05, 3.63) is 46.2 Å². The van der Waals surface area contributed by atoms with E-state index in [-0.39, 0.29) is 16.9 Å². The van der Waals surface area contributed by atoms with Crippen molar-refractivity contribution in [2.24, 2.45) is 0 Å². The van der Waals surface area contributed by atoms with E-state index in [2.05, 4.69) is 5.32 Å². The molecule has 0 aliphatic rings. The molecular weight excluding hydrogens is 280 g/mol. The van der Waals surface area contributed by atoms with E-state index in [4.69, 9.17) is 4.74 Å². The fourth-order valence-electron chi connectivity index (χ4n) is 2.38. The third kappa shape index (κ3) is 3.54. The van der Waals surface area contributed by atoms with Gasteiger partial charge in [0.1, 0.15) is 5.56 Å². The van der Waals surface area contributed by atoms with Gasteiger partial charge in [-0.25, -0.2) is 0 Å². The molecular formula is C17H22N2O3. The number of ether oxygens (including phenoxy) is 1. The molecule has 0 saturated heterocycles. The van der Waals surface area contributed by atoms with Gasteiger partial charge in [0.05, 0.1) is 5.52 Å². The summed E-state index contributed by atoms with van der Waals surface area (Å²) in [6.07, 6.45) is 2.37. The van der Waals surface area contributed by atoms with Crippen LogP contribution in [0.25, 0.3) is 10.9 Å². The number of para-hydroxylation sites is 1. The lowest BCUT2D eigenvalue weighted by Crippen LogP contribution is -2.31. The van der Waals surface area contributed by atoms with E-state index in [0.717, 1.165) is 11.9 Å². The Hall–Kier alpha value is -2.14. The summed E-state index contributed by atoms with van der Waals surface area (Å²) in [4.78, 5) is 24.7. The molecule has 1 amide bonds. The van der Waals surface area contributed by atoms with Crippen molar-refractivity contribution < 1.29 is 9.53 Å². The molecule has 5 heteroatoms. The zero-order chi connectivity index (χ0) is 15.9. The summed E-state index contributed by atoms with van der Waals surface area (Å²) in [7, 11) is 0. The molecule has 0 unspecified atom stereocenters. The van der Waals surface area contributed by atoms with Crippen LogP contribution in [0.15, 0.2) is 35.3 Å². The molecule has 0 saturated carbocycles. The lowest BCUT2D eigenvalue weighted by atomic mass is 10.1. The summed E-state index contributed by atoms with van der Waals surface area (Å²) in [6, 6.07) is 7.36. The molecule has 0 aliphatic heterocycles. The summed E-state index contributed by atoms with van der Waals surface area (Å²) >= 11 is 0. The molecule has 0 atom stereocenters. The van der Waals surface area contributed by atoms with Crippen LogP contribution in [0.4, 0.5) is 0 Å². The second-order valence-corrected chi connectivity index (χ2v) is 4.98. The first-order valence-corrected chi connectivity index (χ1v) is 7.67. The molecule has 118 valence electrons. The van der Waals surface area contributed by atoms with E-state index in [1.807, 2.05) is 36.6 Å². The van der Waals surface area contributed by atoms with Gasteiger partial charge in [-0.1, -0.05) is 12.1 Å². The summed E-state index contributed by atoms with van der Waals surface area (Å²) in [5.74, 6) is -0.325. The van der Waals surface area contributed by atoms with Gasteiger partial charge < -0.3 is 14.6 Å². The maximum absolute atomic E-state index is 12.5. The van der Waals surface area contributed by atoms with Crippen LogP contribution in [0.2, 0.25) is 0 Å². The molecule has 2 rings (SSSR count). The molecule has 0 radical (unpaired) electrons. The smallest absolute Gasteiger partial charge is 0.256 e. The van der Waals surface area contributed by atoms with Gasteiger partial charge >= 0.3 is 0 Å². The van der Waals surface area contributed by atoms with Gasteiger partial charge in [0.25, 0.3) is 5.91 Å². The summed E-state index contributed by atoms with van der Waals surface area (Å²) in [5.41, 5.74) is 0.822. The number of amides is 1. The van der Waals surface area contributed by atoms with Crippen LogP contribution in [0.3, 0.4) is 0 Å². The van der Waals surface area contributed by atoms with Crippen LogP contribution in [-0.4, -0.2) is 30.2 Å². The minimum Gasteiger partial charge on any atom is -0.382 e. The predicted molar refractivity (Wildman–Crippen MR) is 87.3 cm³/mol. The average molecular weight is 302 g/mol. The first-order valence-electron chi connectivity index (χ1n) is 7.67. The van der Waals surface area contributed by atoms with Crippen LogP contribution in [-0.2, 0) is 11.3 Å². The first kappa shape index (κ1) is 16.2. The minimum absolute atomic E-state index is 0.192. The molecule has 0 bridgehead atoms. The average Bonchev–Trinajstić information content (AvgIpc) is 2.55. The van der Waals surface area contributed by atoms with Crippen molar-refractivity contribution in [3.8, 4) is 0 Å². The van der Waals surface area contributed by atoms with Crippen molar-refractivity contribution in [1.82, 2.24) is 9.88 Å². The highest BCUT2D eigenvalue weighted by molar-refractivity contribution is 5.97. The highest BCUT2D eigenvalue weighted by Gasteiger charge is 2.14. The van der Waals surface area contributed by atoms with Gasteiger partial charge in [-0.3, -0.25) is 9.59 Å². The van der Waals surface area contributed by atoms with E-state index in [0.29, 0.717) is 31.7 Å². The summed E-state index contributed by atoms with van der Waals surface area (Å²) in [6.45, 7) is 6.39. The van der Waals surface area contributed by atoms with Gasteiger partial charge in [-0.15, -0.1) is 0 Å². The van der Waals surface area contributed by atoms with E-state index >= 15 is 0 Å². The minimum atomic E-state index is -0.325. The van der Waals surface area contributed by atoms with Gasteiger partial charge in [0, 0.05) is 37.9 Å². The first-order chi connectivity index (χ1) is 10.7. The number of nitrogens with one attached hydrogen (secondary N) is 1. The Morgan fingerprint density at radius 3 is 2.77 bits per heavy atom. The summed E-state index contributed by atoms with van der Waals surface area (Å²) < 4.78 is 7.14. The van der Waals surface area contributed by atoms with Gasteiger partial charge in [-0.2, -0.15) is 0 Å². The number of aryl methyl sites for hydroxylation is 1. The molecule has 1 aromatic heterocycles. The van der Waals surface area contributed by atoms with Crippen LogP contribution in [0.5, 0.6) is 0 Å². The second-order valence-electron chi connectivity index (χ2n) is 4.98. The number of carbonyl (C=O) groups excluding carboxylic acids is 1. The maximum Gasteiger partial charge on any atom is 0.256 e. The number of hydrogen-bond donors (Lipinski definition) is 1. The van der Waals surface area contributed by atoms with E-state index in [9.17, 15) is 9.59 Å². The molecule has 1 heterocycles. The zero-order valence-corrected chi connectivity index (χ0v) is 13.1. The molecule has 5 nitrogen and oxygen atoms in total. The Bertz CT molecular complexity index is 707. The standard InChI is InChI=1S/C17H22N2O3/c1-3-19-12-14(17(21)18-10-7-11-22-4-2)16(20)13-8-5-6-9-15(13)19/h5-6,8-9,12H,3-4,7,10-11H2,1-2H3,(H,18,21). The topological polar surface area (TPSA) is 60.3 Å². The molecule has 0 aliphatic carbocycles. The fourth-order valence-corrected chi connectivity index (χ4v) is 2.38. The SMILES string of the molecule is CCOCCCNC(=O)c1cn(CC)c2ccccc2c1=O. The van der Waals surface area contributed by atoms with Crippen molar-refractivity contribution >= 4 is 16.8 Å². The monoisotopic (exact) mass is 302 g/mol. The van der Waals surface area contributed by atoms with Crippen molar-refractivity contribution in [3.63, 3.8) is 0 Å². The van der Waals surface area contributed by atoms with E-state index in [1.54, 1.807) is 12.3 Å². The zero-order valence-electron chi connectivity index (χ0n) is 13.1. The van der Waals surface area contributed by atoms with Crippen LogP contribution in [0.1, 0.15) is 30.6 Å². The Kier molecular flexibility index (Phi) is 5.72. The molecule has 22 heavy (non-hydrogen) atoms. The third-order valence-electron chi connectivity index (χ3n) is 3.53. The van der Waals surface area contributed by atoms with E-state index in [1.165, 1.54) is 0 Å². The Labute approximate surface area is 129 Å². The summed E-state index contributed by atoms with van der Waals surface area (Å²) in [5, 5.41) is 3.36. The Morgan fingerprint density at radius 2 is 2.05 bits per heavy atom. The lowest BCUT2D eigenvalue weighted by molar-refractivity contribution is 0.0942. The predicted octanol–water partition coefficient (Wildman–Crippen LogP) is 2.18. The van der Waals surface area contributed by atoms with Crippen LogP contribution < -0.4 is 10.7 Å². The van der Waals surface area contributed by atoms with Crippen LogP contribution in [0, 0.1) is 0 Å². The number of rotatable bonds is 7. The highest BCUT2D eigenvalue weighted by atomic mass is 16.5. The number of pyridine rings is 1. The molecule has 1 N–H and O–H groups in total. The lowest BCUT2D eigenvalue weighted by Gasteiger charge is -2.11. The normalized spacial score (nSPS) is 10.8. The number of carbonyl (C=O) groups is 1. The largest absolute Gasteiger partial charge is 0.382 e. The third-order valence-corrected chi connectivity index (χ3v) is 3.53. The quantitative estimate of drug-likeness (QED) is 0.797. The van der Waals surface area contributed by atoms with Gasteiger partial charge in [-0.05, 0) is 32.4 Å². The van der Waals surface area contributed by atoms with Crippen molar-refractivity contribution in [1.29, 1.82) is 0 Å². The van der Waals surface area contributed by atoms with Crippen molar-refractivity contribution in [2.75, 3.05) is 19.8 Å². The molecule has 1 aromatic carbocycles. The van der Waals surface area contributed by atoms with Gasteiger partial charge in [0.15, 0.2) is 0 Å². The maximum atomic E-state index is 12.5. The molecule has 2 aromatic rings. The fraction of sp³-hybridized carbons (Fsp3) is 0.412. The number of nitrogens with zero attached hydrogens (tertiary/aromatic N) is 1. The number of benzene rings is 1. The van der Waals surface area contributed by atoms with Gasteiger partial charge in [0.2, 0.25) is 5.43 Å². The Balaban J connectivity index is 2.22. The number of aromatic nitrogens is 1. The van der Waals surface area contributed by atoms with Crippen LogP contribution >= 0.6 is 0 Å². The highest BCUT2D eigenvalue weighted by Crippen LogP contribution is 2.11. The molecule has 0 spiro atoms. The molecule has 0 fully saturated rings. The number of fused-ring (bicyclic) bond motifs is 1.